The van der Waals surface area contributed by atoms with Crippen LogP contribution in [0.4, 0.5) is 10.1 Å². The molecule has 4 nitrogen and oxygen atoms in total. The van der Waals surface area contributed by atoms with Gasteiger partial charge in [-0.05, 0) is 29.8 Å². The number of benzene rings is 2. The molecule has 0 aliphatic rings. The number of carbonyl (C=O) groups excluding carboxylic acids is 1. The van der Waals surface area contributed by atoms with E-state index in [2.05, 4.69) is 5.32 Å². The lowest BCUT2D eigenvalue weighted by Crippen LogP contribution is -2.19. The number of nitrogens with two attached hydrogens (primary N) is 1. The highest BCUT2D eigenvalue weighted by Gasteiger charge is 2.01. The molecule has 0 aromatic heterocycles. The Morgan fingerprint density at radius 2 is 1.85 bits per heavy atom. The van der Waals surface area contributed by atoms with Gasteiger partial charge in [0.1, 0.15) is 11.6 Å². The van der Waals surface area contributed by atoms with Gasteiger partial charge in [-0.25, -0.2) is 4.39 Å². The van der Waals surface area contributed by atoms with Gasteiger partial charge in [0, 0.05) is 6.54 Å². The van der Waals surface area contributed by atoms with Gasteiger partial charge in [-0.15, -0.1) is 0 Å². The summed E-state index contributed by atoms with van der Waals surface area (Å²) in [6.07, 6.45) is 0. The number of hydrogen-bond donors (Lipinski definition) is 2. The van der Waals surface area contributed by atoms with Gasteiger partial charge in [0.05, 0.1) is 5.69 Å². The van der Waals surface area contributed by atoms with Crippen molar-refractivity contribution >= 4 is 11.6 Å². The zero-order chi connectivity index (χ0) is 14.4. The van der Waals surface area contributed by atoms with E-state index in [0.717, 1.165) is 5.56 Å². The van der Waals surface area contributed by atoms with Crippen LogP contribution in [0.5, 0.6) is 5.75 Å². The maximum atomic E-state index is 13.4. The molecular formula is C15H15FN2O2. The van der Waals surface area contributed by atoms with Crippen LogP contribution < -0.4 is 15.8 Å². The maximum absolute atomic E-state index is 13.4. The van der Waals surface area contributed by atoms with Gasteiger partial charge in [-0.2, -0.15) is 0 Å². The average molecular weight is 274 g/mol. The number of carbonyl (C=O) groups is 1. The Labute approximate surface area is 116 Å². The number of halogens is 1. The van der Waals surface area contributed by atoms with E-state index in [9.17, 15) is 9.18 Å². The third-order valence-corrected chi connectivity index (χ3v) is 2.66. The monoisotopic (exact) mass is 274 g/mol. The smallest absolute Gasteiger partial charge is 0.255 e. The van der Waals surface area contributed by atoms with Crippen molar-refractivity contribution in [1.82, 2.24) is 0 Å². The first-order valence-electron chi connectivity index (χ1n) is 6.13. The van der Waals surface area contributed by atoms with E-state index in [1.54, 1.807) is 30.3 Å². The van der Waals surface area contributed by atoms with Crippen molar-refractivity contribution in [3.8, 4) is 5.75 Å². The second-order valence-corrected chi connectivity index (χ2v) is 4.23. The molecule has 0 unspecified atom stereocenters. The molecule has 3 N–H and O–H groups in total. The fourth-order valence-electron chi connectivity index (χ4n) is 1.66. The number of rotatable bonds is 6. The Morgan fingerprint density at radius 3 is 2.50 bits per heavy atom. The molecule has 1 amide bonds. The van der Waals surface area contributed by atoms with Crippen LogP contribution in [0.25, 0.3) is 0 Å². The van der Waals surface area contributed by atoms with Gasteiger partial charge < -0.3 is 15.8 Å². The molecule has 0 fully saturated rings. The lowest BCUT2D eigenvalue weighted by atomic mass is 10.2. The highest BCUT2D eigenvalue weighted by molar-refractivity contribution is 5.75. The van der Waals surface area contributed by atoms with Crippen molar-refractivity contribution in [3.05, 3.63) is 59.9 Å². The molecular weight excluding hydrogens is 259 g/mol. The predicted molar refractivity (Wildman–Crippen MR) is 74.9 cm³/mol. The molecule has 5 heteroatoms. The minimum Gasteiger partial charge on any atom is -0.484 e. The Kier molecular flexibility index (Phi) is 4.55. The molecule has 104 valence electrons. The molecule has 2 rings (SSSR count). The fraction of sp³-hybridized carbons (Fsp3) is 0.133. The minimum atomic E-state index is -0.518. The van der Waals surface area contributed by atoms with Crippen LogP contribution in [-0.2, 0) is 11.3 Å². The summed E-state index contributed by atoms with van der Waals surface area (Å²) in [6.45, 7) is 0.351. The Balaban J connectivity index is 1.91. The number of anilines is 1. The topological polar surface area (TPSA) is 64.4 Å². The van der Waals surface area contributed by atoms with Gasteiger partial charge in [0.25, 0.3) is 5.91 Å². The number of primary amides is 1. The average Bonchev–Trinajstić information content (AvgIpc) is 2.45. The zero-order valence-corrected chi connectivity index (χ0v) is 10.8. The van der Waals surface area contributed by atoms with Crippen LogP contribution in [0, 0.1) is 5.82 Å². The number of nitrogens with one attached hydrogen (secondary N) is 1. The van der Waals surface area contributed by atoms with E-state index < -0.39 is 5.91 Å². The van der Waals surface area contributed by atoms with Gasteiger partial charge in [0.15, 0.2) is 6.61 Å². The Morgan fingerprint density at radius 1 is 1.15 bits per heavy atom. The second-order valence-electron chi connectivity index (χ2n) is 4.23. The highest BCUT2D eigenvalue weighted by Crippen LogP contribution is 2.16. The summed E-state index contributed by atoms with van der Waals surface area (Å²) in [5.74, 6) is -0.234. The van der Waals surface area contributed by atoms with Crippen molar-refractivity contribution in [1.29, 1.82) is 0 Å². The minimum absolute atomic E-state index is 0.146. The number of para-hydroxylation sites is 1. The lowest BCUT2D eigenvalue weighted by Gasteiger charge is -2.08. The van der Waals surface area contributed by atoms with E-state index in [0.29, 0.717) is 18.0 Å². The molecule has 2 aromatic rings. The van der Waals surface area contributed by atoms with Crippen molar-refractivity contribution in [2.75, 3.05) is 11.9 Å². The predicted octanol–water partition coefficient (Wildman–Crippen LogP) is 2.30. The summed E-state index contributed by atoms with van der Waals surface area (Å²) in [5, 5.41) is 3.01. The molecule has 2 aromatic carbocycles. The third kappa shape index (κ3) is 3.98. The van der Waals surface area contributed by atoms with Crippen LogP contribution in [0.15, 0.2) is 48.5 Å². The van der Waals surface area contributed by atoms with E-state index >= 15 is 0 Å². The summed E-state index contributed by atoms with van der Waals surface area (Å²) in [7, 11) is 0. The van der Waals surface area contributed by atoms with Crippen molar-refractivity contribution in [2.45, 2.75) is 6.54 Å². The van der Waals surface area contributed by atoms with E-state index in [-0.39, 0.29) is 12.4 Å². The second kappa shape index (κ2) is 6.56. The molecule has 0 heterocycles. The van der Waals surface area contributed by atoms with Crippen LogP contribution >= 0.6 is 0 Å². The number of ether oxygens (including phenoxy) is 1. The number of hydrogen-bond acceptors (Lipinski definition) is 3. The Hall–Kier alpha value is -2.56. The third-order valence-electron chi connectivity index (χ3n) is 2.66. The summed E-state index contributed by atoms with van der Waals surface area (Å²) < 4.78 is 18.6. The van der Waals surface area contributed by atoms with Gasteiger partial charge in [-0.3, -0.25) is 4.79 Å². The summed E-state index contributed by atoms with van der Waals surface area (Å²) >= 11 is 0. The standard InChI is InChI=1S/C15H15FN2O2/c16-13-3-1-2-4-14(13)18-9-11-5-7-12(8-6-11)20-10-15(17)19/h1-8,18H,9-10H2,(H2,17,19). The van der Waals surface area contributed by atoms with Crippen molar-refractivity contribution in [3.63, 3.8) is 0 Å². The molecule has 0 atom stereocenters. The van der Waals surface area contributed by atoms with Crippen molar-refractivity contribution in [2.24, 2.45) is 5.73 Å². The Bertz CT molecular complexity index is 585. The molecule has 0 saturated heterocycles. The van der Waals surface area contributed by atoms with Crippen LogP contribution in [-0.4, -0.2) is 12.5 Å². The van der Waals surface area contributed by atoms with Gasteiger partial charge in [-0.1, -0.05) is 24.3 Å². The molecule has 0 bridgehead atoms. The molecule has 0 saturated carbocycles. The fourth-order valence-corrected chi connectivity index (χ4v) is 1.66. The summed E-state index contributed by atoms with van der Waals surface area (Å²) in [4.78, 5) is 10.6. The van der Waals surface area contributed by atoms with Crippen LogP contribution in [0.3, 0.4) is 0 Å². The van der Waals surface area contributed by atoms with E-state index in [1.807, 2.05) is 12.1 Å². The van der Waals surface area contributed by atoms with Gasteiger partial charge >= 0.3 is 0 Å². The first-order chi connectivity index (χ1) is 9.65. The first kappa shape index (κ1) is 13.9. The van der Waals surface area contributed by atoms with Crippen LogP contribution in [0.1, 0.15) is 5.56 Å². The number of amides is 1. The zero-order valence-electron chi connectivity index (χ0n) is 10.8. The maximum Gasteiger partial charge on any atom is 0.255 e. The van der Waals surface area contributed by atoms with Gasteiger partial charge in [0.2, 0.25) is 0 Å². The molecule has 20 heavy (non-hydrogen) atoms. The summed E-state index contributed by atoms with van der Waals surface area (Å²) in [5.41, 5.74) is 6.42. The quantitative estimate of drug-likeness (QED) is 0.849. The first-order valence-corrected chi connectivity index (χ1v) is 6.13. The normalized spacial score (nSPS) is 10.1. The largest absolute Gasteiger partial charge is 0.484 e. The van der Waals surface area contributed by atoms with Crippen LogP contribution in [0.2, 0.25) is 0 Å². The lowest BCUT2D eigenvalue weighted by molar-refractivity contribution is -0.119. The SMILES string of the molecule is NC(=O)COc1ccc(CNc2ccccc2F)cc1. The molecule has 0 spiro atoms. The van der Waals surface area contributed by atoms with Crippen molar-refractivity contribution < 1.29 is 13.9 Å². The molecule has 0 aliphatic carbocycles. The highest BCUT2D eigenvalue weighted by atomic mass is 19.1. The van der Waals surface area contributed by atoms with E-state index in [1.165, 1.54) is 6.07 Å². The summed E-state index contributed by atoms with van der Waals surface area (Å²) in [6, 6.07) is 13.7. The molecule has 0 radical (unpaired) electrons. The molecule has 0 aliphatic heterocycles. The van der Waals surface area contributed by atoms with E-state index in [4.69, 9.17) is 10.5 Å².